The third-order valence-corrected chi connectivity index (χ3v) is 5.78. The number of sulfonamides is 1. The molecule has 0 saturated carbocycles. The van der Waals surface area contributed by atoms with Crippen molar-refractivity contribution in [2.75, 3.05) is 4.72 Å². The Bertz CT molecular complexity index is 1350. The molecule has 0 spiro atoms. The second-order valence-electron chi connectivity index (χ2n) is 5.82. The first kappa shape index (κ1) is 19.1. The second-order valence-corrected chi connectivity index (χ2v) is 8.00. The van der Waals surface area contributed by atoms with Gasteiger partial charge in [0.25, 0.3) is 10.0 Å². The molecule has 150 valence electrons. The van der Waals surface area contributed by atoms with E-state index in [2.05, 4.69) is 23.5 Å². The van der Waals surface area contributed by atoms with Gasteiger partial charge in [0.2, 0.25) is 0 Å². The van der Waals surface area contributed by atoms with Crippen LogP contribution < -0.4 is 10.4 Å². The van der Waals surface area contributed by atoms with Gasteiger partial charge in [0.05, 0.1) is 22.6 Å². The summed E-state index contributed by atoms with van der Waals surface area (Å²) in [7, 11) is -4.28. The molecule has 9 nitrogen and oxygen atoms in total. The van der Waals surface area contributed by atoms with Crippen LogP contribution in [0, 0.1) is 0 Å². The molecule has 4 rings (SSSR count). The van der Waals surface area contributed by atoms with Gasteiger partial charge in [-0.15, -0.1) is 0 Å². The van der Waals surface area contributed by atoms with Gasteiger partial charge in [-0.3, -0.25) is 9.71 Å². The number of aromatic nitrogens is 3. The molecule has 2 aromatic carbocycles. The van der Waals surface area contributed by atoms with Gasteiger partial charge in [0.1, 0.15) is 16.3 Å². The van der Waals surface area contributed by atoms with Crippen molar-refractivity contribution in [1.82, 2.24) is 15.2 Å². The van der Waals surface area contributed by atoms with Crippen LogP contribution in [0.3, 0.4) is 0 Å². The Morgan fingerprint density at radius 3 is 2.59 bits per heavy atom. The van der Waals surface area contributed by atoms with E-state index in [4.69, 9.17) is 0 Å². The molecule has 3 aromatic rings. The van der Waals surface area contributed by atoms with Crippen LogP contribution in [0.5, 0.6) is 0 Å². The normalized spacial score (nSPS) is 13.2. The lowest BCUT2D eigenvalue weighted by Crippen LogP contribution is -2.14. The number of anilines is 1. The molecule has 1 aliphatic rings. The van der Waals surface area contributed by atoms with Crippen molar-refractivity contribution in [2.24, 2.45) is 8.73 Å². The van der Waals surface area contributed by atoms with Crippen LogP contribution in [0.1, 0.15) is 5.56 Å². The highest BCUT2D eigenvalue weighted by Gasteiger charge is 2.32. The third kappa shape index (κ3) is 3.71. The van der Waals surface area contributed by atoms with Crippen molar-refractivity contribution in [2.45, 2.75) is 11.1 Å². The van der Waals surface area contributed by atoms with E-state index in [0.717, 1.165) is 23.5 Å². The van der Waals surface area contributed by atoms with Crippen molar-refractivity contribution in [3.05, 3.63) is 52.4 Å². The molecule has 1 aromatic heterocycles. The zero-order chi connectivity index (χ0) is 20.8. The molecule has 0 aliphatic carbocycles. The standard InChI is InChI=1S/C15H9F3N6O3S2/c16-15(17,18)8-4-7(13-19-14(25)21-20-13)5-9(6-8)24-29(26,27)11-3-1-2-10-12(11)23-28-22-10/h1-6,24H,(H2,19,20,21,25). The van der Waals surface area contributed by atoms with Crippen molar-refractivity contribution >= 4 is 38.4 Å². The van der Waals surface area contributed by atoms with E-state index in [1.54, 1.807) is 6.07 Å². The molecule has 0 saturated heterocycles. The number of nitrogens with one attached hydrogen (secondary N) is 3. The summed E-state index contributed by atoms with van der Waals surface area (Å²) in [5.74, 6) is -0.174. The van der Waals surface area contributed by atoms with E-state index in [-0.39, 0.29) is 27.7 Å². The highest BCUT2D eigenvalue weighted by atomic mass is 32.2. The zero-order valence-electron chi connectivity index (χ0n) is 14.0. The molecule has 3 N–H and O–H groups in total. The number of fused-ring (bicyclic) bond motifs is 1. The summed E-state index contributed by atoms with van der Waals surface area (Å²) in [6, 6.07) is 6.79. The number of aromatic amines is 2. The first-order valence-electron chi connectivity index (χ1n) is 7.75. The number of alkyl halides is 3. The van der Waals surface area contributed by atoms with Gasteiger partial charge in [-0.1, -0.05) is 6.07 Å². The highest BCUT2D eigenvalue weighted by molar-refractivity contribution is 7.93. The molecule has 29 heavy (non-hydrogen) atoms. The summed E-state index contributed by atoms with van der Waals surface area (Å²) in [5, 5.41) is 5.63. The summed E-state index contributed by atoms with van der Waals surface area (Å²) in [6.07, 6.45) is -4.76. The molecule has 1 aliphatic heterocycles. The fourth-order valence-electron chi connectivity index (χ4n) is 2.60. The van der Waals surface area contributed by atoms with Crippen molar-refractivity contribution < 1.29 is 21.6 Å². The summed E-state index contributed by atoms with van der Waals surface area (Å²) in [5.41, 5.74) is -1.89. The highest BCUT2D eigenvalue weighted by Crippen LogP contribution is 2.39. The molecule has 0 radical (unpaired) electrons. The number of halogens is 3. The Kier molecular flexibility index (Phi) is 4.38. The lowest BCUT2D eigenvalue weighted by Gasteiger charge is -2.14. The average Bonchev–Trinajstić information content (AvgIpc) is 3.28. The summed E-state index contributed by atoms with van der Waals surface area (Å²) in [6.45, 7) is 0. The zero-order valence-corrected chi connectivity index (χ0v) is 15.6. The Morgan fingerprint density at radius 2 is 1.90 bits per heavy atom. The first-order valence-corrected chi connectivity index (χ1v) is 9.96. The number of hydrogen-bond acceptors (Lipinski definition) is 6. The smallest absolute Gasteiger partial charge is 0.289 e. The van der Waals surface area contributed by atoms with Crippen LogP contribution in [0.15, 0.2) is 54.8 Å². The molecule has 0 bridgehead atoms. The fraction of sp³-hybridized carbons (Fsp3) is 0.0667. The minimum atomic E-state index is -4.76. The first-order chi connectivity index (χ1) is 13.6. The largest absolute Gasteiger partial charge is 0.416 e. The van der Waals surface area contributed by atoms with Crippen LogP contribution in [0.2, 0.25) is 0 Å². The maximum atomic E-state index is 13.3. The van der Waals surface area contributed by atoms with Crippen LogP contribution in [-0.4, -0.2) is 23.6 Å². The van der Waals surface area contributed by atoms with E-state index in [1.165, 1.54) is 12.1 Å². The van der Waals surface area contributed by atoms with E-state index in [0.29, 0.717) is 11.8 Å². The second kappa shape index (κ2) is 6.66. The fourth-order valence-corrected chi connectivity index (χ4v) is 4.41. The van der Waals surface area contributed by atoms with Gasteiger partial charge in [0.15, 0.2) is 5.82 Å². The number of benzene rings is 2. The van der Waals surface area contributed by atoms with Crippen molar-refractivity contribution in [3.63, 3.8) is 0 Å². The Labute approximate surface area is 163 Å². The monoisotopic (exact) mass is 442 g/mol. The van der Waals surface area contributed by atoms with Crippen molar-refractivity contribution in [3.8, 4) is 11.4 Å². The van der Waals surface area contributed by atoms with E-state index in [9.17, 15) is 26.4 Å². The van der Waals surface area contributed by atoms with Crippen LogP contribution in [0.4, 0.5) is 30.2 Å². The van der Waals surface area contributed by atoms with E-state index in [1.807, 2.05) is 5.10 Å². The van der Waals surface area contributed by atoms with Gasteiger partial charge in [-0.25, -0.2) is 18.3 Å². The van der Waals surface area contributed by atoms with Crippen molar-refractivity contribution in [1.29, 1.82) is 0 Å². The molecular formula is C15H9F3N6O3S2. The molecule has 0 unspecified atom stereocenters. The lowest BCUT2D eigenvalue weighted by molar-refractivity contribution is -0.137. The number of nitrogens with zero attached hydrogens (tertiary/aromatic N) is 3. The molecule has 0 atom stereocenters. The van der Waals surface area contributed by atoms with E-state index >= 15 is 0 Å². The lowest BCUT2D eigenvalue weighted by atomic mass is 10.1. The molecular weight excluding hydrogens is 433 g/mol. The number of hydrogen-bond donors (Lipinski definition) is 3. The average molecular weight is 442 g/mol. The van der Waals surface area contributed by atoms with Crippen LogP contribution in [0.25, 0.3) is 11.4 Å². The SMILES string of the molecule is O=c1[nH]nc(-c2cc(NS(=O)(=O)c3cccc4c3N=S=N4)cc(C(F)(F)F)c2)[nH]1. The topological polar surface area (TPSA) is 132 Å². The minimum Gasteiger partial charge on any atom is -0.289 e. The van der Waals surface area contributed by atoms with Crippen LogP contribution >= 0.6 is 0 Å². The summed E-state index contributed by atoms with van der Waals surface area (Å²) < 4.78 is 75.5. The number of rotatable bonds is 4. The summed E-state index contributed by atoms with van der Waals surface area (Å²) in [4.78, 5) is 13.2. The number of H-pyrrole nitrogens is 2. The quantitative estimate of drug-likeness (QED) is 0.447. The predicted molar refractivity (Wildman–Crippen MR) is 98.4 cm³/mol. The van der Waals surface area contributed by atoms with E-state index < -0.39 is 27.5 Å². The molecule has 2 heterocycles. The van der Waals surface area contributed by atoms with Gasteiger partial charge in [-0.2, -0.15) is 27.0 Å². The predicted octanol–water partition coefficient (Wildman–Crippen LogP) is 3.31. The van der Waals surface area contributed by atoms with Gasteiger partial charge < -0.3 is 0 Å². The minimum absolute atomic E-state index is 0.105. The maximum Gasteiger partial charge on any atom is 0.416 e. The van der Waals surface area contributed by atoms with Gasteiger partial charge >= 0.3 is 11.9 Å². The third-order valence-electron chi connectivity index (χ3n) is 3.83. The Hall–Kier alpha value is -3.26. The Morgan fingerprint density at radius 1 is 1.10 bits per heavy atom. The maximum absolute atomic E-state index is 13.3. The van der Waals surface area contributed by atoms with Gasteiger partial charge in [0, 0.05) is 5.56 Å². The Balaban J connectivity index is 1.80. The van der Waals surface area contributed by atoms with Gasteiger partial charge in [-0.05, 0) is 30.3 Å². The molecule has 0 amide bonds. The summed E-state index contributed by atoms with van der Waals surface area (Å²) >= 11 is 0.811. The molecule has 0 fully saturated rings. The van der Waals surface area contributed by atoms with Crippen LogP contribution in [-0.2, 0) is 27.6 Å². The molecule has 14 heteroatoms.